The largest absolute Gasteiger partial charge is 0.508 e. The molecule has 0 radical (unpaired) electrons. The number of benzene rings is 1. The molecule has 1 rings (SSSR count). The van der Waals surface area contributed by atoms with Crippen LogP contribution >= 0.6 is 0 Å². The molecular weight excluding hydrogens is 526 g/mol. The third kappa shape index (κ3) is 12.9. The number of phenolic OH excluding ortho intramolecular Hbond substituents is 1. The molecular formula is C25H39N7O8. The van der Waals surface area contributed by atoms with E-state index >= 15 is 0 Å². The number of nitrogens with two attached hydrogens (primary N) is 3. The van der Waals surface area contributed by atoms with Crippen LogP contribution in [0, 0.1) is 5.92 Å². The first-order valence-electron chi connectivity index (χ1n) is 12.6. The first-order valence-corrected chi connectivity index (χ1v) is 12.6. The SMILES string of the molecule is CC(C)CC(NC(=O)C(CCCN=C(N)N)NC(=O)C(Cc1ccc(O)cc1)NC(=O)C(N)CC(=O)O)C(=O)O. The van der Waals surface area contributed by atoms with Gasteiger partial charge in [0.05, 0.1) is 12.5 Å². The van der Waals surface area contributed by atoms with Crippen LogP contribution in [0.2, 0.25) is 0 Å². The molecule has 40 heavy (non-hydrogen) atoms. The molecule has 0 aromatic heterocycles. The standard InChI is InChI=1S/C25H39N7O8/c1-13(2)10-19(24(39)40)32-22(37)17(4-3-9-29-25(27)28)30-23(38)18(11-14-5-7-15(33)8-6-14)31-21(36)16(26)12-20(34)35/h5-8,13,16-19,33H,3-4,9-12,26H2,1-2H3,(H,30,38)(H,31,36)(H,32,37)(H,34,35)(H,39,40)(H4,27,28,29). The van der Waals surface area contributed by atoms with E-state index in [0.717, 1.165) is 0 Å². The number of nitrogens with one attached hydrogen (secondary N) is 3. The number of phenols is 1. The second-order valence-corrected chi connectivity index (χ2v) is 9.68. The van der Waals surface area contributed by atoms with Crippen molar-refractivity contribution in [3.05, 3.63) is 29.8 Å². The van der Waals surface area contributed by atoms with Gasteiger partial charge in [-0.15, -0.1) is 0 Å². The van der Waals surface area contributed by atoms with Gasteiger partial charge in [-0.25, -0.2) is 4.79 Å². The van der Waals surface area contributed by atoms with E-state index in [4.69, 9.17) is 22.3 Å². The number of amides is 3. The number of aromatic hydroxyl groups is 1. The Balaban J connectivity index is 3.20. The van der Waals surface area contributed by atoms with Crippen LogP contribution < -0.4 is 33.2 Å². The molecule has 0 aliphatic rings. The summed E-state index contributed by atoms with van der Waals surface area (Å²) in [5.74, 6) is -5.25. The van der Waals surface area contributed by atoms with Gasteiger partial charge in [0.1, 0.15) is 23.9 Å². The fraction of sp³-hybridized carbons (Fsp3) is 0.520. The maximum atomic E-state index is 13.4. The van der Waals surface area contributed by atoms with Crippen LogP contribution in [0.25, 0.3) is 0 Å². The van der Waals surface area contributed by atoms with E-state index in [-0.39, 0.29) is 49.9 Å². The van der Waals surface area contributed by atoms with E-state index in [1.165, 1.54) is 24.3 Å². The topological polar surface area (TPSA) is 273 Å². The lowest BCUT2D eigenvalue weighted by molar-refractivity contribution is -0.142. The van der Waals surface area contributed by atoms with Crippen LogP contribution in [0.3, 0.4) is 0 Å². The van der Waals surface area contributed by atoms with Crippen LogP contribution in [-0.2, 0) is 30.4 Å². The molecule has 0 saturated carbocycles. The van der Waals surface area contributed by atoms with Gasteiger partial charge >= 0.3 is 11.9 Å². The van der Waals surface area contributed by atoms with Gasteiger partial charge in [0.25, 0.3) is 0 Å². The van der Waals surface area contributed by atoms with Gasteiger partial charge < -0.3 is 48.5 Å². The lowest BCUT2D eigenvalue weighted by Crippen LogP contribution is -2.57. The summed E-state index contributed by atoms with van der Waals surface area (Å²) in [5.41, 5.74) is 16.8. The van der Waals surface area contributed by atoms with Crippen molar-refractivity contribution in [2.24, 2.45) is 28.1 Å². The zero-order chi connectivity index (χ0) is 30.4. The number of rotatable bonds is 17. The number of nitrogens with zero attached hydrogens (tertiary/aromatic N) is 1. The molecule has 0 spiro atoms. The number of aliphatic imine (C=N–C) groups is 1. The first kappa shape index (κ1) is 33.6. The third-order valence-electron chi connectivity index (χ3n) is 5.64. The summed E-state index contributed by atoms with van der Waals surface area (Å²) in [7, 11) is 0. The molecule has 12 N–H and O–H groups in total. The normalized spacial score (nSPS) is 13.8. The van der Waals surface area contributed by atoms with Gasteiger partial charge in [-0.2, -0.15) is 0 Å². The molecule has 0 heterocycles. The Kier molecular flexibility index (Phi) is 13.9. The smallest absolute Gasteiger partial charge is 0.326 e. The Morgan fingerprint density at radius 1 is 0.875 bits per heavy atom. The second-order valence-electron chi connectivity index (χ2n) is 9.68. The summed E-state index contributed by atoms with van der Waals surface area (Å²) in [5, 5.41) is 35.4. The lowest BCUT2D eigenvalue weighted by atomic mass is 10.0. The number of hydrogen-bond acceptors (Lipinski definition) is 8. The highest BCUT2D eigenvalue weighted by atomic mass is 16.4. The molecule has 0 fully saturated rings. The Morgan fingerprint density at radius 2 is 1.43 bits per heavy atom. The second kappa shape index (κ2) is 16.5. The number of carbonyl (C=O) groups is 5. The number of aliphatic carboxylic acids is 2. The zero-order valence-electron chi connectivity index (χ0n) is 22.5. The zero-order valence-corrected chi connectivity index (χ0v) is 22.5. The molecule has 0 aliphatic carbocycles. The van der Waals surface area contributed by atoms with E-state index in [0.29, 0.717) is 5.56 Å². The van der Waals surface area contributed by atoms with Gasteiger partial charge in [0.2, 0.25) is 17.7 Å². The number of guanidine groups is 1. The summed E-state index contributed by atoms with van der Waals surface area (Å²) in [6, 6.07) is 0.623. The number of hydrogen-bond donors (Lipinski definition) is 9. The Bertz CT molecular complexity index is 1060. The molecule has 15 nitrogen and oxygen atoms in total. The molecule has 4 unspecified atom stereocenters. The van der Waals surface area contributed by atoms with E-state index in [9.17, 15) is 34.2 Å². The van der Waals surface area contributed by atoms with Gasteiger partial charge in [-0.05, 0) is 42.9 Å². The lowest BCUT2D eigenvalue weighted by Gasteiger charge is -2.25. The predicted octanol–water partition coefficient (Wildman–Crippen LogP) is -1.62. The van der Waals surface area contributed by atoms with Gasteiger partial charge in [-0.3, -0.25) is 24.2 Å². The molecule has 0 aliphatic heterocycles. The highest BCUT2D eigenvalue weighted by molar-refractivity contribution is 5.94. The molecule has 4 atom stereocenters. The van der Waals surface area contributed by atoms with E-state index in [1.807, 2.05) is 0 Å². The van der Waals surface area contributed by atoms with Crippen LogP contribution in [0.4, 0.5) is 0 Å². The van der Waals surface area contributed by atoms with Gasteiger partial charge in [0, 0.05) is 13.0 Å². The molecule has 3 amide bonds. The molecule has 1 aromatic carbocycles. The molecule has 1 aromatic rings. The van der Waals surface area contributed by atoms with Crippen molar-refractivity contribution < 1.29 is 39.3 Å². The van der Waals surface area contributed by atoms with Gasteiger partial charge in [-0.1, -0.05) is 26.0 Å². The Labute approximate surface area is 231 Å². The molecule has 15 heteroatoms. The van der Waals surface area contributed by atoms with Crippen molar-refractivity contribution in [1.29, 1.82) is 0 Å². The fourth-order valence-corrected chi connectivity index (χ4v) is 3.65. The molecule has 0 saturated heterocycles. The summed E-state index contributed by atoms with van der Waals surface area (Å²) in [4.78, 5) is 65.5. The summed E-state index contributed by atoms with van der Waals surface area (Å²) in [6.45, 7) is 3.72. The predicted molar refractivity (Wildman–Crippen MR) is 145 cm³/mol. The third-order valence-corrected chi connectivity index (χ3v) is 5.64. The Hall–Kier alpha value is -4.40. The number of carboxylic acids is 2. The highest BCUT2D eigenvalue weighted by Crippen LogP contribution is 2.13. The van der Waals surface area contributed by atoms with E-state index < -0.39 is 60.2 Å². The van der Waals surface area contributed by atoms with Gasteiger partial charge in [0.15, 0.2) is 5.96 Å². The Morgan fingerprint density at radius 3 is 1.95 bits per heavy atom. The summed E-state index contributed by atoms with van der Waals surface area (Å²) >= 11 is 0. The van der Waals surface area contributed by atoms with Crippen LogP contribution in [0.5, 0.6) is 5.75 Å². The minimum Gasteiger partial charge on any atom is -0.508 e. The van der Waals surface area contributed by atoms with Crippen LogP contribution in [-0.4, -0.2) is 81.7 Å². The van der Waals surface area contributed by atoms with E-state index in [1.54, 1.807) is 13.8 Å². The van der Waals surface area contributed by atoms with Crippen molar-refractivity contribution in [3.63, 3.8) is 0 Å². The maximum Gasteiger partial charge on any atom is 0.326 e. The quantitative estimate of drug-likeness (QED) is 0.0587. The molecule has 0 bridgehead atoms. The van der Waals surface area contributed by atoms with Crippen molar-refractivity contribution >= 4 is 35.6 Å². The van der Waals surface area contributed by atoms with Crippen molar-refractivity contribution in [2.75, 3.05) is 6.54 Å². The van der Waals surface area contributed by atoms with Crippen molar-refractivity contribution in [2.45, 2.75) is 70.1 Å². The number of carboxylic acid groups (broad SMARTS) is 2. The molecule has 222 valence electrons. The van der Waals surface area contributed by atoms with Crippen LogP contribution in [0.15, 0.2) is 29.3 Å². The van der Waals surface area contributed by atoms with Crippen LogP contribution in [0.1, 0.15) is 45.1 Å². The summed E-state index contributed by atoms with van der Waals surface area (Å²) in [6.07, 6.45) is -0.346. The monoisotopic (exact) mass is 565 g/mol. The summed E-state index contributed by atoms with van der Waals surface area (Å²) < 4.78 is 0. The highest BCUT2D eigenvalue weighted by Gasteiger charge is 2.31. The minimum atomic E-state index is -1.45. The maximum absolute atomic E-state index is 13.4. The van der Waals surface area contributed by atoms with E-state index in [2.05, 4.69) is 20.9 Å². The average molecular weight is 566 g/mol. The first-order chi connectivity index (χ1) is 18.7. The van der Waals surface area contributed by atoms with Crippen molar-refractivity contribution in [3.8, 4) is 5.75 Å². The average Bonchev–Trinajstić information content (AvgIpc) is 2.85. The number of carbonyl (C=O) groups excluding carboxylic acids is 3. The fourth-order valence-electron chi connectivity index (χ4n) is 3.65. The van der Waals surface area contributed by atoms with Crippen molar-refractivity contribution in [1.82, 2.24) is 16.0 Å². The minimum absolute atomic E-state index is 0.0239.